The van der Waals surface area contributed by atoms with Gasteiger partial charge in [-0.25, -0.2) is 8.78 Å². The predicted molar refractivity (Wildman–Crippen MR) is 79.7 cm³/mol. The fourth-order valence-electron chi connectivity index (χ4n) is 3.59. The lowest BCUT2D eigenvalue weighted by Gasteiger charge is -2.37. The fraction of sp³-hybridized carbons (Fsp3) is 0.588. The molecule has 4 nitrogen and oxygen atoms in total. The Morgan fingerprint density at radius 2 is 2.13 bits per heavy atom. The van der Waals surface area contributed by atoms with Gasteiger partial charge in [-0.05, 0) is 37.0 Å². The summed E-state index contributed by atoms with van der Waals surface area (Å²) in [5.74, 6) is -2.04. The van der Waals surface area contributed by atoms with Gasteiger partial charge < -0.3 is 14.7 Å². The summed E-state index contributed by atoms with van der Waals surface area (Å²) in [4.78, 5) is 14.3. The van der Waals surface area contributed by atoms with E-state index in [0.29, 0.717) is 31.7 Å². The number of aliphatic hydroxyl groups is 1. The molecule has 3 rings (SSSR count). The lowest BCUT2D eigenvalue weighted by molar-refractivity contribution is -0.135. The Hall–Kier alpha value is -1.53. The van der Waals surface area contributed by atoms with Gasteiger partial charge >= 0.3 is 0 Å². The predicted octanol–water partition coefficient (Wildman–Crippen LogP) is 1.90. The van der Waals surface area contributed by atoms with E-state index in [1.807, 2.05) is 0 Å². The van der Waals surface area contributed by atoms with Crippen molar-refractivity contribution < 1.29 is 23.4 Å². The van der Waals surface area contributed by atoms with E-state index in [-0.39, 0.29) is 24.3 Å². The second-order valence-electron chi connectivity index (χ2n) is 6.32. The van der Waals surface area contributed by atoms with E-state index in [9.17, 15) is 18.7 Å². The number of likely N-dealkylation sites (tertiary alicyclic amines) is 1. The monoisotopic (exact) mass is 325 g/mol. The smallest absolute Gasteiger partial charge is 0.227 e. The van der Waals surface area contributed by atoms with Crippen LogP contribution < -0.4 is 0 Å². The highest BCUT2D eigenvalue weighted by atomic mass is 19.2. The molecule has 2 heterocycles. The van der Waals surface area contributed by atoms with Crippen LogP contribution in [0.4, 0.5) is 8.78 Å². The number of aliphatic hydroxyl groups excluding tert-OH is 1. The zero-order valence-electron chi connectivity index (χ0n) is 12.9. The molecule has 0 aliphatic carbocycles. The van der Waals surface area contributed by atoms with Gasteiger partial charge in [0.25, 0.3) is 0 Å². The van der Waals surface area contributed by atoms with Gasteiger partial charge in [-0.1, -0.05) is 6.07 Å². The number of hydrogen-bond acceptors (Lipinski definition) is 3. The minimum atomic E-state index is -0.940. The van der Waals surface area contributed by atoms with E-state index in [1.54, 1.807) is 4.90 Å². The van der Waals surface area contributed by atoms with Crippen LogP contribution in [0.15, 0.2) is 18.2 Å². The van der Waals surface area contributed by atoms with Crippen molar-refractivity contribution in [3.63, 3.8) is 0 Å². The number of ether oxygens (including phenoxy) is 1. The minimum Gasteiger partial charge on any atom is -0.393 e. The molecule has 2 fully saturated rings. The van der Waals surface area contributed by atoms with Crippen LogP contribution >= 0.6 is 0 Å². The third kappa shape index (κ3) is 3.53. The Morgan fingerprint density at radius 1 is 1.30 bits per heavy atom. The molecule has 1 amide bonds. The molecule has 1 aromatic rings. The van der Waals surface area contributed by atoms with Crippen LogP contribution in [-0.4, -0.2) is 47.8 Å². The van der Waals surface area contributed by atoms with Crippen LogP contribution in [0.5, 0.6) is 0 Å². The molecule has 2 aliphatic heterocycles. The number of hydrogen-bond donors (Lipinski definition) is 1. The zero-order valence-corrected chi connectivity index (χ0v) is 12.9. The highest BCUT2D eigenvalue weighted by molar-refractivity contribution is 5.79. The zero-order chi connectivity index (χ0) is 16.4. The molecule has 0 radical (unpaired) electrons. The number of amides is 1. The van der Waals surface area contributed by atoms with Crippen molar-refractivity contribution in [2.45, 2.75) is 37.8 Å². The number of carbonyl (C=O) groups is 1. The summed E-state index contributed by atoms with van der Waals surface area (Å²) in [7, 11) is 0. The molecule has 23 heavy (non-hydrogen) atoms. The van der Waals surface area contributed by atoms with E-state index >= 15 is 0 Å². The molecule has 3 atom stereocenters. The van der Waals surface area contributed by atoms with Gasteiger partial charge in [-0.15, -0.1) is 0 Å². The van der Waals surface area contributed by atoms with Crippen molar-refractivity contribution in [2.24, 2.45) is 5.92 Å². The van der Waals surface area contributed by atoms with Crippen LogP contribution in [0.2, 0.25) is 0 Å². The molecule has 1 aromatic carbocycles. The summed E-state index contributed by atoms with van der Waals surface area (Å²) in [6.07, 6.45) is 1.90. The Kier molecular flexibility index (Phi) is 4.92. The Bertz CT molecular complexity index is 581. The highest BCUT2D eigenvalue weighted by Crippen LogP contribution is 2.30. The summed E-state index contributed by atoms with van der Waals surface area (Å²) in [5, 5.41) is 10.2. The average molecular weight is 325 g/mol. The molecule has 126 valence electrons. The Balaban J connectivity index is 1.69. The first-order valence-electron chi connectivity index (χ1n) is 8.05. The molecule has 0 bridgehead atoms. The van der Waals surface area contributed by atoms with Crippen molar-refractivity contribution in [1.82, 2.24) is 4.90 Å². The first kappa shape index (κ1) is 16.3. The molecule has 0 saturated carbocycles. The second kappa shape index (κ2) is 6.93. The third-order valence-electron chi connectivity index (χ3n) is 4.82. The first-order chi connectivity index (χ1) is 11.1. The van der Waals surface area contributed by atoms with E-state index in [2.05, 4.69) is 0 Å². The maximum absolute atomic E-state index is 13.3. The molecule has 0 unspecified atom stereocenters. The lowest BCUT2D eigenvalue weighted by atomic mass is 9.89. The molecule has 0 aromatic heterocycles. The van der Waals surface area contributed by atoms with Crippen LogP contribution in [0, 0.1) is 17.6 Å². The van der Waals surface area contributed by atoms with Crippen molar-refractivity contribution in [1.29, 1.82) is 0 Å². The SMILES string of the molecule is O=C(Cc1ccc(F)c(F)c1)N1CCC[C@@H]1[C@@H]1COCC[C@H]1O. The summed E-state index contributed by atoms with van der Waals surface area (Å²) in [6, 6.07) is 3.50. The summed E-state index contributed by atoms with van der Waals surface area (Å²) in [5.41, 5.74) is 0.458. The van der Waals surface area contributed by atoms with Crippen molar-refractivity contribution in [3.8, 4) is 0 Å². The van der Waals surface area contributed by atoms with Crippen molar-refractivity contribution in [2.75, 3.05) is 19.8 Å². The van der Waals surface area contributed by atoms with Gasteiger partial charge in [-0.3, -0.25) is 4.79 Å². The topological polar surface area (TPSA) is 49.8 Å². The van der Waals surface area contributed by atoms with Crippen molar-refractivity contribution >= 4 is 5.91 Å². The number of benzene rings is 1. The third-order valence-corrected chi connectivity index (χ3v) is 4.82. The van der Waals surface area contributed by atoms with Gasteiger partial charge in [0.05, 0.1) is 19.1 Å². The molecular formula is C17H21F2NO3. The molecule has 6 heteroatoms. The van der Waals surface area contributed by atoms with Gasteiger partial charge in [0.1, 0.15) is 0 Å². The van der Waals surface area contributed by atoms with Crippen LogP contribution in [0.1, 0.15) is 24.8 Å². The maximum atomic E-state index is 13.3. The Morgan fingerprint density at radius 3 is 2.87 bits per heavy atom. The molecular weight excluding hydrogens is 304 g/mol. The van der Waals surface area contributed by atoms with E-state index in [1.165, 1.54) is 6.07 Å². The van der Waals surface area contributed by atoms with E-state index in [0.717, 1.165) is 25.0 Å². The molecule has 2 aliphatic rings. The van der Waals surface area contributed by atoms with Gasteiger partial charge in [-0.2, -0.15) is 0 Å². The maximum Gasteiger partial charge on any atom is 0.227 e. The quantitative estimate of drug-likeness (QED) is 0.923. The number of halogens is 2. The van der Waals surface area contributed by atoms with E-state index in [4.69, 9.17) is 4.74 Å². The van der Waals surface area contributed by atoms with Crippen LogP contribution in [0.3, 0.4) is 0 Å². The minimum absolute atomic E-state index is 0.0388. The number of carbonyl (C=O) groups excluding carboxylic acids is 1. The fourth-order valence-corrected chi connectivity index (χ4v) is 3.59. The molecule has 0 spiro atoms. The highest BCUT2D eigenvalue weighted by Gasteiger charge is 2.39. The summed E-state index contributed by atoms with van der Waals surface area (Å²) in [6.45, 7) is 1.64. The van der Waals surface area contributed by atoms with Gasteiger partial charge in [0.15, 0.2) is 11.6 Å². The normalized spacial score (nSPS) is 28.1. The van der Waals surface area contributed by atoms with Crippen molar-refractivity contribution in [3.05, 3.63) is 35.4 Å². The summed E-state index contributed by atoms with van der Waals surface area (Å²) < 4.78 is 31.7. The Labute approximate surface area is 134 Å². The van der Waals surface area contributed by atoms with Gasteiger partial charge in [0.2, 0.25) is 5.91 Å². The van der Waals surface area contributed by atoms with Crippen LogP contribution in [0.25, 0.3) is 0 Å². The first-order valence-corrected chi connectivity index (χ1v) is 8.05. The largest absolute Gasteiger partial charge is 0.393 e. The van der Waals surface area contributed by atoms with Crippen LogP contribution in [-0.2, 0) is 16.0 Å². The van der Waals surface area contributed by atoms with Gasteiger partial charge in [0, 0.05) is 25.1 Å². The van der Waals surface area contributed by atoms with E-state index < -0.39 is 17.7 Å². The average Bonchev–Trinajstić information content (AvgIpc) is 3.01. The second-order valence-corrected chi connectivity index (χ2v) is 6.32. The lowest BCUT2D eigenvalue weighted by Crippen LogP contribution is -2.48. The standard InChI is InChI=1S/C17H21F2NO3/c18-13-4-3-11(8-14(13)19)9-17(22)20-6-1-2-15(20)12-10-23-7-5-16(12)21/h3-4,8,12,15-16,21H,1-2,5-7,9-10H2/t12-,15+,16+/m0/s1. The summed E-state index contributed by atoms with van der Waals surface area (Å²) >= 11 is 0. The number of rotatable bonds is 3. The molecule has 1 N–H and O–H groups in total. The number of nitrogens with zero attached hydrogens (tertiary/aromatic N) is 1. The molecule has 2 saturated heterocycles.